The Hall–Kier alpha value is -2.03. The van der Waals surface area contributed by atoms with Gasteiger partial charge in [-0.25, -0.2) is 4.98 Å². The van der Waals surface area contributed by atoms with Crippen LogP contribution in [0.5, 0.6) is 0 Å². The van der Waals surface area contributed by atoms with Crippen LogP contribution in [-0.4, -0.2) is 18.1 Å². The first-order valence-corrected chi connectivity index (χ1v) is 6.78. The normalized spacial score (nSPS) is 10.2. The van der Waals surface area contributed by atoms with E-state index in [1.165, 1.54) is 11.1 Å². The summed E-state index contributed by atoms with van der Waals surface area (Å²) in [6.45, 7) is 5.98. The van der Waals surface area contributed by atoms with Crippen molar-refractivity contribution < 1.29 is 0 Å². The van der Waals surface area contributed by atoms with Crippen LogP contribution in [0.25, 0.3) is 0 Å². The van der Waals surface area contributed by atoms with Gasteiger partial charge in [-0.1, -0.05) is 35.9 Å². The Balaban J connectivity index is 1.87. The van der Waals surface area contributed by atoms with E-state index in [0.29, 0.717) is 0 Å². The molecular formula is C16H21N3. The van der Waals surface area contributed by atoms with E-state index in [0.717, 1.165) is 31.1 Å². The predicted molar refractivity (Wildman–Crippen MR) is 81.8 cm³/mol. The summed E-state index contributed by atoms with van der Waals surface area (Å²) in [5.74, 6) is 1.84. The first-order chi connectivity index (χ1) is 9.28. The molecule has 1 aromatic heterocycles. The van der Waals surface area contributed by atoms with Crippen molar-refractivity contribution in [1.29, 1.82) is 0 Å². The van der Waals surface area contributed by atoms with Crippen LogP contribution >= 0.6 is 0 Å². The summed E-state index contributed by atoms with van der Waals surface area (Å²) in [7, 11) is 0. The second-order valence-electron chi connectivity index (χ2n) is 4.60. The predicted octanol–water partition coefficient (Wildman–Crippen LogP) is 3.48. The minimum absolute atomic E-state index is 0.889. The maximum absolute atomic E-state index is 4.49. The van der Waals surface area contributed by atoms with Crippen molar-refractivity contribution >= 4 is 11.6 Å². The average molecular weight is 255 g/mol. The van der Waals surface area contributed by atoms with E-state index in [2.05, 4.69) is 53.7 Å². The lowest BCUT2D eigenvalue weighted by Crippen LogP contribution is -2.07. The van der Waals surface area contributed by atoms with Gasteiger partial charge in [0, 0.05) is 13.1 Å². The third kappa shape index (κ3) is 4.28. The molecule has 0 bridgehead atoms. The average Bonchev–Trinajstić information content (AvgIpc) is 2.40. The fourth-order valence-electron chi connectivity index (χ4n) is 2.02. The highest BCUT2D eigenvalue weighted by Gasteiger charge is 1.97. The highest BCUT2D eigenvalue weighted by Crippen LogP contribution is 2.09. The number of aryl methyl sites for hydroxylation is 1. The van der Waals surface area contributed by atoms with E-state index in [1.54, 1.807) is 0 Å². The van der Waals surface area contributed by atoms with E-state index in [4.69, 9.17) is 0 Å². The molecule has 100 valence electrons. The first-order valence-electron chi connectivity index (χ1n) is 6.78. The van der Waals surface area contributed by atoms with Crippen molar-refractivity contribution in [3.05, 3.63) is 53.6 Å². The molecule has 0 aliphatic rings. The van der Waals surface area contributed by atoms with Gasteiger partial charge < -0.3 is 10.6 Å². The van der Waals surface area contributed by atoms with Gasteiger partial charge in [-0.2, -0.15) is 0 Å². The molecular weight excluding hydrogens is 234 g/mol. The summed E-state index contributed by atoms with van der Waals surface area (Å²) < 4.78 is 0. The van der Waals surface area contributed by atoms with Crippen molar-refractivity contribution in [2.45, 2.75) is 20.3 Å². The quantitative estimate of drug-likeness (QED) is 0.829. The number of anilines is 2. The van der Waals surface area contributed by atoms with Gasteiger partial charge >= 0.3 is 0 Å². The van der Waals surface area contributed by atoms with Crippen molar-refractivity contribution in [2.24, 2.45) is 0 Å². The minimum Gasteiger partial charge on any atom is -0.370 e. The molecule has 1 aromatic carbocycles. The molecule has 0 fully saturated rings. The largest absolute Gasteiger partial charge is 0.370 e. The van der Waals surface area contributed by atoms with Gasteiger partial charge in [-0.05, 0) is 38.0 Å². The van der Waals surface area contributed by atoms with E-state index >= 15 is 0 Å². The molecule has 2 N–H and O–H groups in total. The molecule has 0 aliphatic carbocycles. The van der Waals surface area contributed by atoms with Crippen molar-refractivity contribution in [3.63, 3.8) is 0 Å². The highest BCUT2D eigenvalue weighted by atomic mass is 15.1. The lowest BCUT2D eigenvalue weighted by Gasteiger charge is -2.08. The molecule has 0 amide bonds. The number of pyridine rings is 1. The van der Waals surface area contributed by atoms with Gasteiger partial charge in [0.1, 0.15) is 11.6 Å². The van der Waals surface area contributed by atoms with Gasteiger partial charge in [0.25, 0.3) is 0 Å². The SMILES string of the molecule is CCNc1cccc(NCCc2cccc(C)c2)n1. The van der Waals surface area contributed by atoms with Crippen molar-refractivity contribution in [1.82, 2.24) is 4.98 Å². The Bertz CT molecular complexity index is 523. The topological polar surface area (TPSA) is 37.0 Å². The lowest BCUT2D eigenvalue weighted by atomic mass is 10.1. The van der Waals surface area contributed by atoms with Crippen molar-refractivity contribution in [3.8, 4) is 0 Å². The number of benzene rings is 1. The van der Waals surface area contributed by atoms with E-state index in [9.17, 15) is 0 Å². The van der Waals surface area contributed by atoms with E-state index < -0.39 is 0 Å². The number of nitrogens with zero attached hydrogens (tertiary/aromatic N) is 1. The van der Waals surface area contributed by atoms with Crippen LogP contribution in [-0.2, 0) is 6.42 Å². The molecule has 2 rings (SSSR count). The Morgan fingerprint density at radius 1 is 1.00 bits per heavy atom. The third-order valence-electron chi connectivity index (χ3n) is 2.91. The molecule has 0 aliphatic heterocycles. The van der Waals surface area contributed by atoms with Crippen LogP contribution < -0.4 is 10.6 Å². The molecule has 3 nitrogen and oxygen atoms in total. The molecule has 0 spiro atoms. The Labute approximate surface area is 115 Å². The number of hydrogen-bond acceptors (Lipinski definition) is 3. The molecule has 1 heterocycles. The molecule has 2 aromatic rings. The molecule has 19 heavy (non-hydrogen) atoms. The first kappa shape index (κ1) is 13.4. The molecule has 3 heteroatoms. The van der Waals surface area contributed by atoms with Gasteiger partial charge in [-0.15, -0.1) is 0 Å². The summed E-state index contributed by atoms with van der Waals surface area (Å²) in [6, 6.07) is 14.6. The van der Waals surface area contributed by atoms with Crippen LogP contribution in [0, 0.1) is 6.92 Å². The highest BCUT2D eigenvalue weighted by molar-refractivity contribution is 5.45. The van der Waals surface area contributed by atoms with Crippen LogP contribution in [0.3, 0.4) is 0 Å². The lowest BCUT2D eigenvalue weighted by molar-refractivity contribution is 1.00. The fraction of sp³-hybridized carbons (Fsp3) is 0.312. The standard InChI is InChI=1S/C16H21N3/c1-3-17-15-8-5-9-16(19-15)18-11-10-14-7-4-6-13(2)12-14/h4-9,12H,3,10-11H2,1-2H3,(H2,17,18,19). The summed E-state index contributed by atoms with van der Waals surface area (Å²) in [5.41, 5.74) is 2.67. The summed E-state index contributed by atoms with van der Waals surface area (Å²) in [4.78, 5) is 4.49. The number of rotatable bonds is 6. The Kier molecular flexibility index (Phi) is 4.78. The molecule has 0 saturated heterocycles. The zero-order chi connectivity index (χ0) is 13.5. The number of aromatic nitrogens is 1. The van der Waals surface area contributed by atoms with Gasteiger partial charge in [0.05, 0.1) is 0 Å². The minimum atomic E-state index is 0.889. The van der Waals surface area contributed by atoms with Crippen LogP contribution in [0.4, 0.5) is 11.6 Å². The maximum atomic E-state index is 4.49. The fourth-order valence-corrected chi connectivity index (χ4v) is 2.02. The Morgan fingerprint density at radius 3 is 2.47 bits per heavy atom. The molecule has 0 unspecified atom stereocenters. The van der Waals surface area contributed by atoms with Crippen LogP contribution in [0.1, 0.15) is 18.1 Å². The Morgan fingerprint density at radius 2 is 1.74 bits per heavy atom. The van der Waals surface area contributed by atoms with E-state index in [-0.39, 0.29) is 0 Å². The smallest absolute Gasteiger partial charge is 0.128 e. The van der Waals surface area contributed by atoms with Gasteiger partial charge in [0.15, 0.2) is 0 Å². The van der Waals surface area contributed by atoms with E-state index in [1.807, 2.05) is 18.2 Å². The zero-order valence-corrected chi connectivity index (χ0v) is 11.6. The number of hydrogen-bond donors (Lipinski definition) is 2. The van der Waals surface area contributed by atoms with Crippen molar-refractivity contribution in [2.75, 3.05) is 23.7 Å². The molecule has 0 saturated carbocycles. The van der Waals surface area contributed by atoms with Crippen LogP contribution in [0.15, 0.2) is 42.5 Å². The zero-order valence-electron chi connectivity index (χ0n) is 11.6. The summed E-state index contributed by atoms with van der Waals surface area (Å²) in [5, 5.41) is 6.57. The molecule has 0 radical (unpaired) electrons. The summed E-state index contributed by atoms with van der Waals surface area (Å²) in [6.07, 6.45) is 1.01. The molecule has 0 atom stereocenters. The second-order valence-corrected chi connectivity index (χ2v) is 4.60. The van der Waals surface area contributed by atoms with Gasteiger partial charge in [0.2, 0.25) is 0 Å². The second kappa shape index (κ2) is 6.78. The van der Waals surface area contributed by atoms with Gasteiger partial charge in [-0.3, -0.25) is 0 Å². The van der Waals surface area contributed by atoms with Crippen LogP contribution in [0.2, 0.25) is 0 Å². The monoisotopic (exact) mass is 255 g/mol. The third-order valence-corrected chi connectivity index (χ3v) is 2.91. The summed E-state index contributed by atoms with van der Waals surface area (Å²) >= 11 is 0. The maximum Gasteiger partial charge on any atom is 0.128 e. The number of nitrogens with one attached hydrogen (secondary N) is 2.